The fraction of sp³-hybridized carbons (Fsp3) is 0.357. The lowest BCUT2D eigenvalue weighted by Crippen LogP contribution is -2.13. The topological polar surface area (TPSA) is 77.3 Å². The number of nitrogen functional groups attached to an aromatic ring is 1. The largest absolute Gasteiger partial charge is 0.460 e. The van der Waals surface area contributed by atoms with E-state index in [0.29, 0.717) is 17.9 Å². The van der Waals surface area contributed by atoms with Crippen LogP contribution in [0.1, 0.15) is 24.2 Å². The van der Waals surface area contributed by atoms with E-state index >= 15 is 0 Å². The third-order valence-corrected chi connectivity index (χ3v) is 2.69. The molecule has 5 heteroatoms. The van der Waals surface area contributed by atoms with E-state index in [-0.39, 0.29) is 18.7 Å². The van der Waals surface area contributed by atoms with Crippen molar-refractivity contribution >= 4 is 22.6 Å². The number of esters is 1. The van der Waals surface area contributed by atoms with Crippen LogP contribution in [0.25, 0.3) is 10.9 Å². The fourth-order valence-electron chi connectivity index (χ4n) is 1.81. The summed E-state index contributed by atoms with van der Waals surface area (Å²) in [7, 11) is 0. The van der Waals surface area contributed by atoms with Crippen LogP contribution in [-0.4, -0.2) is 30.3 Å². The molecule has 0 spiro atoms. The summed E-state index contributed by atoms with van der Waals surface area (Å²) in [5.41, 5.74) is 7.67. The highest BCUT2D eigenvalue weighted by atomic mass is 16.6. The van der Waals surface area contributed by atoms with Gasteiger partial charge in [-0.25, -0.2) is 4.79 Å². The van der Waals surface area contributed by atoms with Crippen molar-refractivity contribution in [1.29, 1.82) is 0 Å². The van der Waals surface area contributed by atoms with Gasteiger partial charge in [0.25, 0.3) is 0 Å². The van der Waals surface area contributed by atoms with Crippen LogP contribution in [0.5, 0.6) is 0 Å². The Balaban J connectivity index is 2.01. The number of ether oxygens (including phenoxy) is 2. The summed E-state index contributed by atoms with van der Waals surface area (Å²) in [6, 6.07) is 5.35. The molecule has 0 saturated heterocycles. The van der Waals surface area contributed by atoms with Gasteiger partial charge in [0.1, 0.15) is 6.61 Å². The van der Waals surface area contributed by atoms with Crippen LogP contribution >= 0.6 is 0 Å². The lowest BCUT2D eigenvalue weighted by molar-refractivity contribution is 0.0178. The second-order valence-electron chi connectivity index (χ2n) is 4.56. The Bertz CT molecular complexity index is 575. The highest BCUT2D eigenvalue weighted by Gasteiger charge is 2.13. The highest BCUT2D eigenvalue weighted by molar-refractivity contribution is 6.04. The van der Waals surface area contributed by atoms with Crippen molar-refractivity contribution in [3.05, 3.63) is 30.0 Å². The summed E-state index contributed by atoms with van der Waals surface area (Å²) < 4.78 is 10.5. The van der Waals surface area contributed by atoms with Gasteiger partial charge in [0.2, 0.25) is 0 Å². The molecule has 0 aliphatic heterocycles. The Labute approximate surface area is 111 Å². The molecule has 5 nitrogen and oxygen atoms in total. The zero-order valence-electron chi connectivity index (χ0n) is 11.1. The summed E-state index contributed by atoms with van der Waals surface area (Å²) in [5.74, 6) is -0.358. The van der Waals surface area contributed by atoms with Crippen molar-refractivity contribution in [3.63, 3.8) is 0 Å². The molecule has 0 fully saturated rings. The number of benzene rings is 1. The van der Waals surface area contributed by atoms with Crippen molar-refractivity contribution in [2.75, 3.05) is 18.9 Å². The Morgan fingerprint density at radius 3 is 2.89 bits per heavy atom. The Hall–Kier alpha value is -2.01. The van der Waals surface area contributed by atoms with Gasteiger partial charge in [-0.3, -0.25) is 0 Å². The number of hydrogen-bond donors (Lipinski definition) is 2. The molecule has 1 aromatic heterocycles. The number of fused-ring (bicyclic) bond motifs is 1. The molecule has 3 N–H and O–H groups in total. The standard InChI is InChI=1S/C14H18N2O3/c1-9(2)18-5-6-19-14(17)12-8-16-13-7-10(15)3-4-11(12)13/h3-4,7-9,16H,5-6,15H2,1-2H3. The van der Waals surface area contributed by atoms with Crippen LogP contribution in [0.4, 0.5) is 5.69 Å². The molecular formula is C14H18N2O3. The van der Waals surface area contributed by atoms with Gasteiger partial charge in [0, 0.05) is 22.8 Å². The molecule has 0 unspecified atom stereocenters. The Morgan fingerprint density at radius 2 is 2.16 bits per heavy atom. The second-order valence-corrected chi connectivity index (χ2v) is 4.56. The zero-order valence-corrected chi connectivity index (χ0v) is 11.1. The van der Waals surface area contributed by atoms with Gasteiger partial charge in [-0.1, -0.05) is 0 Å². The predicted molar refractivity (Wildman–Crippen MR) is 74.1 cm³/mol. The minimum atomic E-state index is -0.358. The van der Waals surface area contributed by atoms with Gasteiger partial charge in [0.05, 0.1) is 18.3 Å². The summed E-state index contributed by atoms with van der Waals surface area (Å²) >= 11 is 0. The van der Waals surface area contributed by atoms with E-state index in [1.807, 2.05) is 19.9 Å². The first kappa shape index (κ1) is 13.4. The van der Waals surface area contributed by atoms with E-state index in [1.54, 1.807) is 18.3 Å². The summed E-state index contributed by atoms with van der Waals surface area (Å²) in [4.78, 5) is 14.9. The minimum absolute atomic E-state index is 0.134. The number of nitrogens with one attached hydrogen (secondary N) is 1. The van der Waals surface area contributed by atoms with Crippen molar-refractivity contribution in [2.45, 2.75) is 20.0 Å². The molecule has 102 valence electrons. The maximum absolute atomic E-state index is 11.9. The molecule has 0 bridgehead atoms. The second kappa shape index (κ2) is 5.75. The van der Waals surface area contributed by atoms with E-state index in [4.69, 9.17) is 15.2 Å². The quantitative estimate of drug-likeness (QED) is 0.492. The highest BCUT2D eigenvalue weighted by Crippen LogP contribution is 2.21. The van der Waals surface area contributed by atoms with E-state index < -0.39 is 0 Å². The number of rotatable bonds is 5. The van der Waals surface area contributed by atoms with Crippen LogP contribution in [-0.2, 0) is 9.47 Å². The third kappa shape index (κ3) is 3.26. The van der Waals surface area contributed by atoms with Crippen molar-refractivity contribution in [1.82, 2.24) is 4.98 Å². The smallest absolute Gasteiger partial charge is 0.340 e. The predicted octanol–water partition coefficient (Wildman–Crippen LogP) is 2.33. The number of carbonyl (C=O) groups is 1. The summed E-state index contributed by atoms with van der Waals surface area (Å²) in [5, 5.41) is 0.809. The number of aromatic nitrogens is 1. The number of hydrogen-bond acceptors (Lipinski definition) is 4. The fourth-order valence-corrected chi connectivity index (χ4v) is 1.81. The number of anilines is 1. The number of aromatic amines is 1. The molecule has 0 aliphatic rings. The van der Waals surface area contributed by atoms with Gasteiger partial charge in [-0.15, -0.1) is 0 Å². The molecule has 1 aromatic carbocycles. The number of nitrogens with two attached hydrogens (primary N) is 1. The first-order valence-corrected chi connectivity index (χ1v) is 6.23. The lowest BCUT2D eigenvalue weighted by atomic mass is 10.1. The molecule has 0 atom stereocenters. The minimum Gasteiger partial charge on any atom is -0.460 e. The molecule has 1 heterocycles. The Morgan fingerprint density at radius 1 is 1.37 bits per heavy atom. The third-order valence-electron chi connectivity index (χ3n) is 2.69. The van der Waals surface area contributed by atoms with E-state index in [0.717, 1.165) is 10.9 Å². The van der Waals surface area contributed by atoms with Gasteiger partial charge >= 0.3 is 5.97 Å². The average Bonchev–Trinajstić information content (AvgIpc) is 2.77. The van der Waals surface area contributed by atoms with E-state index in [9.17, 15) is 4.79 Å². The van der Waals surface area contributed by atoms with Crippen LogP contribution < -0.4 is 5.73 Å². The van der Waals surface area contributed by atoms with Gasteiger partial charge < -0.3 is 20.2 Å². The van der Waals surface area contributed by atoms with Crippen LogP contribution in [0.15, 0.2) is 24.4 Å². The molecule has 0 saturated carbocycles. The van der Waals surface area contributed by atoms with E-state index in [2.05, 4.69) is 4.98 Å². The molecule has 0 aliphatic carbocycles. The molecule has 2 aromatic rings. The first-order chi connectivity index (χ1) is 9.08. The number of H-pyrrole nitrogens is 1. The SMILES string of the molecule is CC(C)OCCOC(=O)c1c[nH]c2cc(N)ccc12. The summed E-state index contributed by atoms with van der Waals surface area (Å²) in [6.45, 7) is 4.52. The first-order valence-electron chi connectivity index (χ1n) is 6.23. The average molecular weight is 262 g/mol. The van der Waals surface area contributed by atoms with E-state index in [1.165, 1.54) is 0 Å². The molecule has 19 heavy (non-hydrogen) atoms. The lowest BCUT2D eigenvalue weighted by Gasteiger charge is -2.07. The monoisotopic (exact) mass is 262 g/mol. The maximum atomic E-state index is 11.9. The summed E-state index contributed by atoms with van der Waals surface area (Å²) in [6.07, 6.45) is 1.77. The van der Waals surface area contributed by atoms with Gasteiger partial charge in [-0.05, 0) is 32.0 Å². The molecule has 2 rings (SSSR count). The molecular weight excluding hydrogens is 244 g/mol. The normalized spacial score (nSPS) is 11.1. The van der Waals surface area contributed by atoms with Crippen molar-refractivity contribution < 1.29 is 14.3 Å². The molecule has 0 amide bonds. The Kier molecular flexibility index (Phi) is 4.06. The molecule has 0 radical (unpaired) electrons. The van der Waals surface area contributed by atoms with Gasteiger partial charge in [0.15, 0.2) is 0 Å². The zero-order chi connectivity index (χ0) is 13.8. The van der Waals surface area contributed by atoms with Crippen molar-refractivity contribution in [2.24, 2.45) is 0 Å². The van der Waals surface area contributed by atoms with Gasteiger partial charge in [-0.2, -0.15) is 0 Å². The van der Waals surface area contributed by atoms with Crippen LogP contribution in [0.3, 0.4) is 0 Å². The van der Waals surface area contributed by atoms with Crippen LogP contribution in [0, 0.1) is 0 Å². The number of carbonyl (C=O) groups excluding carboxylic acids is 1. The van der Waals surface area contributed by atoms with Crippen molar-refractivity contribution in [3.8, 4) is 0 Å². The maximum Gasteiger partial charge on any atom is 0.340 e. The van der Waals surface area contributed by atoms with Crippen LogP contribution in [0.2, 0.25) is 0 Å².